The second-order valence-electron chi connectivity index (χ2n) is 10.3. The number of hydrogen-bond acceptors (Lipinski definition) is 6. The van der Waals surface area contributed by atoms with E-state index in [0.717, 1.165) is 48.6 Å². The van der Waals surface area contributed by atoms with Gasteiger partial charge in [0.2, 0.25) is 0 Å². The second kappa shape index (κ2) is 10.8. The van der Waals surface area contributed by atoms with Crippen molar-refractivity contribution in [2.24, 2.45) is 5.41 Å². The maximum Gasteiger partial charge on any atom is 0.258 e. The average molecular weight is 573 g/mol. The number of ether oxygens (including phenoxy) is 1. The van der Waals surface area contributed by atoms with Gasteiger partial charge in [-0.05, 0) is 95.1 Å². The number of para-hydroxylation sites is 1. The van der Waals surface area contributed by atoms with Crippen LogP contribution in [0.15, 0.2) is 66.7 Å². The first-order valence-corrected chi connectivity index (χ1v) is 13.5. The summed E-state index contributed by atoms with van der Waals surface area (Å²) in [4.78, 5) is 28.6. The molecule has 1 aliphatic carbocycles. The summed E-state index contributed by atoms with van der Waals surface area (Å²) >= 11 is 6.09. The highest BCUT2D eigenvalue weighted by Crippen LogP contribution is 2.47. The van der Waals surface area contributed by atoms with Crippen molar-refractivity contribution >= 4 is 40.4 Å². The van der Waals surface area contributed by atoms with Crippen LogP contribution in [-0.4, -0.2) is 46.1 Å². The fourth-order valence-corrected chi connectivity index (χ4v) is 5.92. The van der Waals surface area contributed by atoms with E-state index < -0.39 is 11.7 Å². The van der Waals surface area contributed by atoms with Crippen LogP contribution in [-0.2, 0) is 6.42 Å². The zero-order chi connectivity index (χ0) is 28.6. The number of allylic oxidation sites excluding steroid dienone is 2. The molecule has 11 heteroatoms. The first-order valence-electron chi connectivity index (χ1n) is 13.2. The summed E-state index contributed by atoms with van der Waals surface area (Å²) in [5.74, 6) is -0.373. The van der Waals surface area contributed by atoms with E-state index >= 15 is 0 Å². The molecule has 0 radical (unpaired) electrons. The molecule has 2 N–H and O–H groups in total. The van der Waals surface area contributed by atoms with Gasteiger partial charge in [0.05, 0.1) is 23.4 Å². The van der Waals surface area contributed by atoms with Crippen molar-refractivity contribution in [2.75, 3.05) is 23.9 Å². The Morgan fingerprint density at radius 2 is 1.98 bits per heavy atom. The Labute approximate surface area is 240 Å². The highest BCUT2D eigenvalue weighted by atomic mass is 35.5. The maximum absolute atomic E-state index is 14.0. The molecule has 1 atom stereocenters. The van der Waals surface area contributed by atoms with Crippen molar-refractivity contribution in [1.29, 1.82) is 0 Å². The van der Waals surface area contributed by atoms with Gasteiger partial charge in [-0.15, -0.1) is 5.10 Å². The average Bonchev–Trinajstić information content (AvgIpc) is 3.63. The number of fused-ring (bicyclic) bond motifs is 1. The molecule has 4 aromatic rings. The van der Waals surface area contributed by atoms with Crippen LogP contribution in [0.2, 0.25) is 5.02 Å². The molecule has 208 valence electrons. The van der Waals surface area contributed by atoms with Gasteiger partial charge in [-0.25, -0.2) is 9.49 Å². The summed E-state index contributed by atoms with van der Waals surface area (Å²) in [6.45, 7) is 0.521. The molecule has 1 aliphatic heterocycles. The van der Waals surface area contributed by atoms with Crippen LogP contribution in [0.25, 0.3) is 5.57 Å². The van der Waals surface area contributed by atoms with Crippen LogP contribution in [0, 0.1) is 11.2 Å². The van der Waals surface area contributed by atoms with Crippen LogP contribution in [0.5, 0.6) is 5.75 Å². The van der Waals surface area contributed by atoms with Crippen molar-refractivity contribution < 1.29 is 18.7 Å². The Hall–Kier alpha value is -4.57. The number of nitrogens with zero attached hydrogens (tertiary/aromatic N) is 4. The summed E-state index contributed by atoms with van der Waals surface area (Å²) in [6, 6.07) is 16.4. The zero-order valence-corrected chi connectivity index (χ0v) is 22.9. The number of aromatic nitrogens is 4. The van der Waals surface area contributed by atoms with Crippen molar-refractivity contribution in [2.45, 2.75) is 25.7 Å². The first-order chi connectivity index (χ1) is 19.9. The third kappa shape index (κ3) is 5.18. The summed E-state index contributed by atoms with van der Waals surface area (Å²) < 4.78 is 19.2. The molecule has 1 spiro atoms. The molecule has 0 unspecified atom stereocenters. The number of halogens is 2. The number of rotatable bonds is 5. The summed E-state index contributed by atoms with van der Waals surface area (Å²) in [5.41, 5.74) is 3.67. The smallest absolute Gasteiger partial charge is 0.258 e. The summed E-state index contributed by atoms with van der Waals surface area (Å²) in [6.07, 6.45) is 5.65. The van der Waals surface area contributed by atoms with E-state index in [4.69, 9.17) is 16.3 Å². The van der Waals surface area contributed by atoms with E-state index in [-0.39, 0.29) is 21.9 Å². The Balaban J connectivity index is 1.27. The van der Waals surface area contributed by atoms with Crippen LogP contribution in [0.4, 0.5) is 15.8 Å². The lowest BCUT2D eigenvalue weighted by atomic mass is 9.79. The number of H-pyrrole nitrogens is 1. The number of nitrogens with one attached hydrogen (secondary N) is 2. The number of amides is 2. The Bertz CT molecular complexity index is 1670. The lowest BCUT2D eigenvalue weighted by Crippen LogP contribution is -2.33. The van der Waals surface area contributed by atoms with Gasteiger partial charge in [0.1, 0.15) is 11.6 Å². The van der Waals surface area contributed by atoms with E-state index in [1.807, 2.05) is 23.1 Å². The molecule has 0 bridgehead atoms. The topological polar surface area (TPSA) is 113 Å². The molecule has 3 aromatic carbocycles. The van der Waals surface area contributed by atoms with Gasteiger partial charge in [0.15, 0.2) is 5.82 Å². The molecule has 0 fully saturated rings. The number of hydrogen-bond donors (Lipinski definition) is 2. The Morgan fingerprint density at radius 3 is 2.78 bits per heavy atom. The monoisotopic (exact) mass is 572 g/mol. The fourth-order valence-electron chi connectivity index (χ4n) is 5.72. The molecular formula is C30H26ClFN6O3. The van der Waals surface area contributed by atoms with Gasteiger partial charge < -0.3 is 15.0 Å². The molecule has 41 heavy (non-hydrogen) atoms. The number of carbonyl (C=O) groups excluding carboxylic acids is 2. The van der Waals surface area contributed by atoms with E-state index in [1.165, 1.54) is 19.2 Å². The summed E-state index contributed by atoms with van der Waals surface area (Å²) in [5, 5.41) is 17.2. The molecule has 2 heterocycles. The van der Waals surface area contributed by atoms with Gasteiger partial charge in [0.25, 0.3) is 11.8 Å². The van der Waals surface area contributed by atoms with Gasteiger partial charge in [-0.3, -0.25) is 9.59 Å². The second-order valence-corrected chi connectivity index (χ2v) is 10.7. The normalized spacial score (nSPS) is 18.0. The van der Waals surface area contributed by atoms with E-state index in [1.54, 1.807) is 18.2 Å². The van der Waals surface area contributed by atoms with E-state index in [2.05, 4.69) is 38.1 Å². The minimum atomic E-state index is -0.594. The quantitative estimate of drug-likeness (QED) is 0.317. The van der Waals surface area contributed by atoms with Crippen LogP contribution >= 0.6 is 11.6 Å². The minimum absolute atomic E-state index is 0.00679. The van der Waals surface area contributed by atoms with Crippen LogP contribution in [0.3, 0.4) is 0 Å². The van der Waals surface area contributed by atoms with E-state index in [0.29, 0.717) is 29.4 Å². The number of methoxy groups -OCH3 is 1. The minimum Gasteiger partial charge on any atom is -0.495 e. The molecule has 0 saturated heterocycles. The molecule has 0 saturated carbocycles. The third-order valence-corrected chi connectivity index (χ3v) is 8.12. The van der Waals surface area contributed by atoms with Crippen molar-refractivity contribution in [3.63, 3.8) is 0 Å². The van der Waals surface area contributed by atoms with Gasteiger partial charge in [0, 0.05) is 17.8 Å². The molecule has 2 amide bonds. The number of carbonyl (C=O) groups is 2. The number of anilines is 2. The first kappa shape index (κ1) is 26.6. The fraction of sp³-hybridized carbons (Fsp3) is 0.233. The Morgan fingerprint density at radius 1 is 1.12 bits per heavy atom. The van der Waals surface area contributed by atoms with Crippen LogP contribution in [0.1, 0.15) is 51.4 Å². The SMILES string of the molecule is COc1cc(C(=O)N2CC[C@]3(C=C(c4nnn[nH]4)CC3)Cc3ccccc32)ccc1NC(=O)c1cc(F)ccc1Cl. The van der Waals surface area contributed by atoms with Gasteiger partial charge >= 0.3 is 0 Å². The molecule has 9 nitrogen and oxygen atoms in total. The summed E-state index contributed by atoms with van der Waals surface area (Å²) in [7, 11) is 1.45. The third-order valence-electron chi connectivity index (χ3n) is 7.80. The Kier molecular flexibility index (Phi) is 7.00. The van der Waals surface area contributed by atoms with Crippen molar-refractivity contribution in [1.82, 2.24) is 20.6 Å². The maximum atomic E-state index is 14.0. The standard InChI is InChI=1S/C30H26ClFN6O3/c1-41-26-14-18(6-9-24(26)33-28(39)22-15-21(32)7-8-23(22)31)29(40)38-13-12-30(16-19-4-2-3-5-25(19)38)11-10-20(17-30)27-34-36-37-35-27/h2-9,14-15,17H,10-13,16H2,1H3,(H,33,39)(H,34,35,36,37)/t30-/m0/s1. The molecular weight excluding hydrogens is 547 g/mol. The lowest BCUT2D eigenvalue weighted by molar-refractivity contribution is 0.0984. The van der Waals surface area contributed by atoms with E-state index in [9.17, 15) is 14.0 Å². The number of tetrazole rings is 1. The molecule has 6 rings (SSSR count). The molecule has 2 aliphatic rings. The van der Waals surface area contributed by atoms with Crippen LogP contribution < -0.4 is 15.0 Å². The highest BCUT2D eigenvalue weighted by Gasteiger charge is 2.39. The number of aromatic amines is 1. The predicted octanol–water partition coefficient (Wildman–Crippen LogP) is 5.71. The van der Waals surface area contributed by atoms with Crippen molar-refractivity contribution in [3.8, 4) is 5.75 Å². The van der Waals surface area contributed by atoms with Gasteiger partial charge in [-0.1, -0.05) is 35.9 Å². The predicted molar refractivity (Wildman–Crippen MR) is 153 cm³/mol. The van der Waals surface area contributed by atoms with Gasteiger partial charge in [-0.2, -0.15) is 0 Å². The lowest BCUT2D eigenvalue weighted by Gasteiger charge is -2.26. The highest BCUT2D eigenvalue weighted by molar-refractivity contribution is 6.34. The van der Waals surface area contributed by atoms with Crippen molar-refractivity contribution in [3.05, 3.63) is 100 Å². The zero-order valence-electron chi connectivity index (χ0n) is 22.2. The molecule has 1 aromatic heterocycles. The number of benzene rings is 3. The largest absolute Gasteiger partial charge is 0.495 e.